The van der Waals surface area contributed by atoms with E-state index >= 15 is 0 Å². The van der Waals surface area contributed by atoms with Crippen molar-refractivity contribution in [2.75, 3.05) is 12.4 Å². The first-order valence-corrected chi connectivity index (χ1v) is 7.84. The third kappa shape index (κ3) is 2.53. The second-order valence-corrected chi connectivity index (χ2v) is 6.22. The van der Waals surface area contributed by atoms with Crippen molar-refractivity contribution < 1.29 is 4.74 Å². The molecule has 0 unspecified atom stereocenters. The average molecular weight is 352 g/mol. The lowest BCUT2D eigenvalue weighted by Gasteiger charge is -2.09. The number of thiazole rings is 1. The van der Waals surface area contributed by atoms with E-state index in [1.54, 1.807) is 18.4 Å². The Morgan fingerprint density at radius 2 is 2.25 bits per heavy atom. The summed E-state index contributed by atoms with van der Waals surface area (Å²) in [5.41, 5.74) is 3.26. The summed E-state index contributed by atoms with van der Waals surface area (Å²) in [7, 11) is 1.67. The van der Waals surface area contributed by atoms with E-state index in [9.17, 15) is 0 Å². The topological polar surface area (TPSA) is 38.6 Å². The Bertz CT molecular complexity index is 750. The molecule has 0 saturated carbocycles. The third-order valence-electron chi connectivity index (χ3n) is 3.13. The molecule has 104 valence electrons. The van der Waals surface area contributed by atoms with Gasteiger partial charge in [0, 0.05) is 27.8 Å². The molecule has 0 spiro atoms. The van der Waals surface area contributed by atoms with Crippen molar-refractivity contribution in [2.45, 2.75) is 13.5 Å². The average Bonchev–Trinajstić information content (AvgIpc) is 2.96. The van der Waals surface area contributed by atoms with Gasteiger partial charge in [-0.25, -0.2) is 4.98 Å². The largest absolute Gasteiger partial charge is 0.497 e. The molecule has 0 atom stereocenters. The van der Waals surface area contributed by atoms with Crippen LogP contribution in [0.2, 0.25) is 0 Å². The molecule has 1 N–H and O–H groups in total. The fourth-order valence-corrected chi connectivity index (χ4v) is 3.37. The van der Waals surface area contributed by atoms with Crippen molar-refractivity contribution in [3.05, 3.63) is 45.6 Å². The number of benzene rings is 1. The molecule has 1 aromatic carbocycles. The van der Waals surface area contributed by atoms with Crippen LogP contribution in [0.15, 0.2) is 34.2 Å². The Balaban J connectivity index is 1.84. The van der Waals surface area contributed by atoms with Gasteiger partial charge in [0.1, 0.15) is 5.75 Å². The number of nitrogens with one attached hydrogen (secondary N) is 1. The molecule has 0 amide bonds. The quantitative estimate of drug-likeness (QED) is 0.769. The lowest BCUT2D eigenvalue weighted by molar-refractivity contribution is 0.414. The predicted molar refractivity (Wildman–Crippen MR) is 85.8 cm³/mol. The number of rotatable bonds is 4. The van der Waals surface area contributed by atoms with Gasteiger partial charge >= 0.3 is 0 Å². The normalized spacial score (nSPS) is 10.9. The summed E-state index contributed by atoms with van der Waals surface area (Å²) >= 11 is 5.13. The minimum Gasteiger partial charge on any atom is -0.497 e. The van der Waals surface area contributed by atoms with Crippen LogP contribution in [0.5, 0.6) is 5.75 Å². The number of aromatic nitrogens is 2. The van der Waals surface area contributed by atoms with Crippen LogP contribution < -0.4 is 10.1 Å². The Kier molecular flexibility index (Phi) is 3.67. The summed E-state index contributed by atoms with van der Waals surface area (Å²) in [6.07, 6.45) is 2.05. The van der Waals surface area contributed by atoms with Crippen LogP contribution in [-0.2, 0) is 6.54 Å². The zero-order valence-corrected chi connectivity index (χ0v) is 13.6. The first-order chi connectivity index (χ1) is 9.67. The van der Waals surface area contributed by atoms with Crippen molar-refractivity contribution in [1.29, 1.82) is 0 Å². The first-order valence-electron chi connectivity index (χ1n) is 6.17. The zero-order chi connectivity index (χ0) is 14.1. The number of nitrogens with zero attached hydrogens (tertiary/aromatic N) is 2. The maximum atomic E-state index is 5.27. The summed E-state index contributed by atoms with van der Waals surface area (Å²) < 4.78 is 8.39. The fourth-order valence-electron chi connectivity index (χ4n) is 2.12. The van der Waals surface area contributed by atoms with Gasteiger partial charge in [0.15, 0.2) is 4.96 Å². The lowest BCUT2D eigenvalue weighted by atomic mass is 10.3. The van der Waals surface area contributed by atoms with Gasteiger partial charge in [-0.3, -0.25) is 4.40 Å². The van der Waals surface area contributed by atoms with E-state index in [0.29, 0.717) is 0 Å². The lowest BCUT2D eigenvalue weighted by Crippen LogP contribution is -2.03. The van der Waals surface area contributed by atoms with E-state index in [1.165, 1.54) is 5.69 Å². The van der Waals surface area contributed by atoms with Crippen molar-refractivity contribution in [2.24, 2.45) is 0 Å². The fraction of sp³-hybridized carbons (Fsp3) is 0.214. The molecule has 3 aromatic rings. The molecule has 4 nitrogen and oxygen atoms in total. The van der Waals surface area contributed by atoms with Crippen LogP contribution in [0, 0.1) is 6.92 Å². The van der Waals surface area contributed by atoms with Gasteiger partial charge in [-0.05, 0) is 19.1 Å². The van der Waals surface area contributed by atoms with Gasteiger partial charge in [-0.2, -0.15) is 0 Å². The molecular weight excluding hydrogens is 338 g/mol. The molecule has 2 aromatic heterocycles. The third-order valence-corrected chi connectivity index (χ3v) is 4.34. The number of imidazole rings is 1. The number of ether oxygens (including phenoxy) is 1. The molecule has 0 saturated heterocycles. The second kappa shape index (κ2) is 5.46. The Labute approximate surface area is 129 Å². The molecule has 0 aliphatic carbocycles. The number of halogens is 1. The molecule has 20 heavy (non-hydrogen) atoms. The number of fused-ring (bicyclic) bond motifs is 1. The highest BCUT2D eigenvalue weighted by Gasteiger charge is 2.09. The molecule has 2 heterocycles. The molecule has 0 radical (unpaired) electrons. The van der Waals surface area contributed by atoms with E-state index in [4.69, 9.17) is 4.74 Å². The molecule has 6 heteroatoms. The molecule has 3 rings (SSSR count). The monoisotopic (exact) mass is 351 g/mol. The van der Waals surface area contributed by atoms with E-state index in [1.807, 2.05) is 30.5 Å². The Morgan fingerprint density at radius 1 is 1.40 bits per heavy atom. The molecule has 0 aliphatic rings. The van der Waals surface area contributed by atoms with E-state index < -0.39 is 0 Å². The number of anilines is 1. The number of aryl methyl sites for hydroxylation is 1. The highest BCUT2D eigenvalue weighted by atomic mass is 79.9. The van der Waals surface area contributed by atoms with Crippen LogP contribution in [0.1, 0.15) is 11.4 Å². The Hall–Kier alpha value is -1.53. The number of hydrogen-bond donors (Lipinski definition) is 1. The van der Waals surface area contributed by atoms with Gasteiger partial charge in [-0.15, -0.1) is 11.3 Å². The highest BCUT2D eigenvalue weighted by Crippen LogP contribution is 2.25. The minimum atomic E-state index is 0.726. The van der Waals surface area contributed by atoms with Gasteiger partial charge in [0.25, 0.3) is 0 Å². The van der Waals surface area contributed by atoms with Gasteiger partial charge in [-0.1, -0.05) is 15.9 Å². The highest BCUT2D eigenvalue weighted by molar-refractivity contribution is 9.10. The SMILES string of the molecule is COc1cc(Br)cc(NCc2c(C)nc3sccn23)c1. The smallest absolute Gasteiger partial charge is 0.194 e. The number of hydrogen-bond acceptors (Lipinski definition) is 4. The molecule has 0 bridgehead atoms. The van der Waals surface area contributed by atoms with Crippen LogP contribution in [0.3, 0.4) is 0 Å². The molecule has 0 fully saturated rings. The van der Waals surface area contributed by atoms with Crippen LogP contribution in [0.4, 0.5) is 5.69 Å². The van der Waals surface area contributed by atoms with Gasteiger partial charge in [0.2, 0.25) is 0 Å². The van der Waals surface area contributed by atoms with E-state index in [2.05, 4.69) is 36.8 Å². The maximum Gasteiger partial charge on any atom is 0.194 e. The summed E-state index contributed by atoms with van der Waals surface area (Å²) in [6, 6.07) is 5.95. The van der Waals surface area contributed by atoms with Crippen LogP contribution in [-0.4, -0.2) is 16.5 Å². The second-order valence-electron chi connectivity index (χ2n) is 4.43. The van der Waals surface area contributed by atoms with Crippen molar-refractivity contribution in [1.82, 2.24) is 9.38 Å². The minimum absolute atomic E-state index is 0.726. The van der Waals surface area contributed by atoms with Crippen molar-refractivity contribution >= 4 is 37.9 Å². The Morgan fingerprint density at radius 3 is 3.05 bits per heavy atom. The summed E-state index contributed by atoms with van der Waals surface area (Å²) in [5.74, 6) is 0.826. The van der Waals surface area contributed by atoms with Crippen molar-refractivity contribution in [3.8, 4) is 5.75 Å². The van der Waals surface area contributed by atoms with E-state index in [-0.39, 0.29) is 0 Å². The van der Waals surface area contributed by atoms with Crippen LogP contribution in [0.25, 0.3) is 4.96 Å². The zero-order valence-electron chi connectivity index (χ0n) is 11.2. The van der Waals surface area contributed by atoms with Gasteiger partial charge < -0.3 is 10.1 Å². The number of methoxy groups -OCH3 is 1. The molecule has 0 aliphatic heterocycles. The first kappa shape index (κ1) is 13.5. The summed E-state index contributed by atoms with van der Waals surface area (Å²) in [4.78, 5) is 5.58. The summed E-state index contributed by atoms with van der Waals surface area (Å²) in [5, 5.41) is 5.47. The summed E-state index contributed by atoms with van der Waals surface area (Å²) in [6.45, 7) is 2.77. The predicted octanol–water partition coefficient (Wildman–Crippen LogP) is 4.09. The van der Waals surface area contributed by atoms with Gasteiger partial charge in [0.05, 0.1) is 25.0 Å². The standard InChI is InChI=1S/C14H14BrN3OS/c1-9-13(18-3-4-20-14(18)17-9)8-16-11-5-10(15)6-12(7-11)19-2/h3-7,16H,8H2,1-2H3. The molecular formula is C14H14BrN3OS. The van der Waals surface area contributed by atoms with E-state index in [0.717, 1.165) is 33.1 Å². The van der Waals surface area contributed by atoms with Crippen LogP contribution >= 0.6 is 27.3 Å². The van der Waals surface area contributed by atoms with Crippen molar-refractivity contribution in [3.63, 3.8) is 0 Å². The maximum absolute atomic E-state index is 5.27.